The van der Waals surface area contributed by atoms with Gasteiger partial charge in [0, 0.05) is 15.1 Å². The summed E-state index contributed by atoms with van der Waals surface area (Å²) < 4.78 is 0.767. The molecule has 0 aliphatic heterocycles. The van der Waals surface area contributed by atoms with E-state index in [1.165, 1.54) is 6.07 Å². The van der Waals surface area contributed by atoms with Crippen LogP contribution < -0.4 is 5.32 Å². The van der Waals surface area contributed by atoms with Crippen LogP contribution in [0.3, 0.4) is 0 Å². The number of benzene rings is 2. The van der Waals surface area contributed by atoms with E-state index in [2.05, 4.69) is 21.2 Å². The van der Waals surface area contributed by atoms with Crippen molar-refractivity contribution in [3.63, 3.8) is 0 Å². The standard InChI is InChI=1S/C15H13BrClNO2/c1-8-6-11(16)13(7-12(8)17)18-15(20)10-3-4-14(19)9(2)5-10/h3-7,19H,1-2H3,(H,18,20). The molecule has 104 valence electrons. The lowest BCUT2D eigenvalue weighted by Crippen LogP contribution is -2.12. The van der Waals surface area contributed by atoms with E-state index in [0.29, 0.717) is 21.8 Å². The molecule has 2 aromatic rings. The summed E-state index contributed by atoms with van der Waals surface area (Å²) >= 11 is 9.45. The fourth-order valence-electron chi connectivity index (χ4n) is 1.73. The van der Waals surface area contributed by atoms with Gasteiger partial charge in [-0.15, -0.1) is 0 Å². The summed E-state index contributed by atoms with van der Waals surface area (Å²) in [5, 5.41) is 12.8. The highest BCUT2D eigenvalue weighted by Crippen LogP contribution is 2.29. The second kappa shape index (κ2) is 5.85. The number of halogens is 2. The van der Waals surface area contributed by atoms with Gasteiger partial charge in [-0.3, -0.25) is 4.79 Å². The topological polar surface area (TPSA) is 49.3 Å². The van der Waals surface area contributed by atoms with Gasteiger partial charge in [0.15, 0.2) is 0 Å². The molecule has 0 bridgehead atoms. The summed E-state index contributed by atoms with van der Waals surface area (Å²) in [6.45, 7) is 3.63. The van der Waals surface area contributed by atoms with Crippen LogP contribution in [0.4, 0.5) is 5.69 Å². The molecule has 0 aromatic heterocycles. The second-order valence-corrected chi connectivity index (χ2v) is 5.80. The lowest BCUT2D eigenvalue weighted by atomic mass is 10.1. The van der Waals surface area contributed by atoms with Gasteiger partial charge in [-0.2, -0.15) is 0 Å². The molecule has 0 saturated heterocycles. The van der Waals surface area contributed by atoms with Gasteiger partial charge < -0.3 is 10.4 Å². The Balaban J connectivity index is 2.27. The van der Waals surface area contributed by atoms with Crippen molar-refractivity contribution in [2.75, 3.05) is 5.32 Å². The molecule has 0 heterocycles. The molecule has 0 atom stereocenters. The molecular weight excluding hydrogens is 342 g/mol. The van der Waals surface area contributed by atoms with E-state index in [4.69, 9.17) is 11.6 Å². The molecule has 0 spiro atoms. The van der Waals surface area contributed by atoms with E-state index in [-0.39, 0.29) is 11.7 Å². The third kappa shape index (κ3) is 3.14. The molecule has 2 N–H and O–H groups in total. The monoisotopic (exact) mass is 353 g/mol. The highest BCUT2D eigenvalue weighted by atomic mass is 79.9. The van der Waals surface area contributed by atoms with Crippen LogP contribution >= 0.6 is 27.5 Å². The highest BCUT2D eigenvalue weighted by Gasteiger charge is 2.11. The molecule has 5 heteroatoms. The quantitative estimate of drug-likeness (QED) is 0.823. The van der Waals surface area contributed by atoms with Crippen molar-refractivity contribution in [2.24, 2.45) is 0 Å². The number of carbonyl (C=O) groups excluding carboxylic acids is 1. The smallest absolute Gasteiger partial charge is 0.255 e. The highest BCUT2D eigenvalue weighted by molar-refractivity contribution is 9.10. The Labute approximate surface area is 130 Å². The molecule has 0 aliphatic rings. The average molecular weight is 355 g/mol. The molecule has 0 unspecified atom stereocenters. The van der Waals surface area contributed by atoms with Crippen LogP contribution in [0.15, 0.2) is 34.8 Å². The largest absolute Gasteiger partial charge is 0.508 e. The fourth-order valence-corrected chi connectivity index (χ4v) is 2.45. The van der Waals surface area contributed by atoms with E-state index < -0.39 is 0 Å². The van der Waals surface area contributed by atoms with Crippen molar-refractivity contribution in [2.45, 2.75) is 13.8 Å². The Bertz CT molecular complexity index is 686. The Morgan fingerprint density at radius 1 is 1.20 bits per heavy atom. The minimum Gasteiger partial charge on any atom is -0.508 e. The number of phenols is 1. The van der Waals surface area contributed by atoms with E-state index in [1.54, 1.807) is 25.1 Å². The zero-order valence-corrected chi connectivity index (χ0v) is 13.3. The van der Waals surface area contributed by atoms with Crippen LogP contribution in [-0.2, 0) is 0 Å². The van der Waals surface area contributed by atoms with Crippen LogP contribution in [0.25, 0.3) is 0 Å². The minimum atomic E-state index is -0.256. The molecular formula is C15H13BrClNO2. The SMILES string of the molecule is Cc1cc(C(=O)Nc2cc(Cl)c(C)cc2Br)ccc1O. The fraction of sp³-hybridized carbons (Fsp3) is 0.133. The number of nitrogens with one attached hydrogen (secondary N) is 1. The van der Waals surface area contributed by atoms with Gasteiger partial charge in [0.2, 0.25) is 0 Å². The van der Waals surface area contributed by atoms with E-state index in [0.717, 1.165) is 10.0 Å². The summed E-state index contributed by atoms with van der Waals surface area (Å²) in [5.41, 5.74) is 2.66. The van der Waals surface area contributed by atoms with Crippen LogP contribution in [0, 0.1) is 13.8 Å². The van der Waals surface area contributed by atoms with Gasteiger partial charge in [0.05, 0.1) is 5.69 Å². The maximum Gasteiger partial charge on any atom is 0.255 e. The first-order valence-corrected chi connectivity index (χ1v) is 7.12. The van der Waals surface area contributed by atoms with Crippen molar-refractivity contribution < 1.29 is 9.90 Å². The lowest BCUT2D eigenvalue weighted by Gasteiger charge is -2.10. The van der Waals surface area contributed by atoms with Crippen LogP contribution in [-0.4, -0.2) is 11.0 Å². The summed E-state index contributed by atoms with van der Waals surface area (Å²) in [4.78, 5) is 12.2. The van der Waals surface area contributed by atoms with Gasteiger partial charge in [-0.1, -0.05) is 11.6 Å². The van der Waals surface area contributed by atoms with Crippen LogP contribution in [0.5, 0.6) is 5.75 Å². The minimum absolute atomic E-state index is 0.168. The first kappa shape index (κ1) is 14.9. The number of hydrogen-bond acceptors (Lipinski definition) is 2. The van der Waals surface area contributed by atoms with E-state index >= 15 is 0 Å². The Kier molecular flexibility index (Phi) is 4.35. The maximum absolute atomic E-state index is 12.2. The number of anilines is 1. The molecule has 1 amide bonds. The Morgan fingerprint density at radius 2 is 1.90 bits per heavy atom. The summed E-state index contributed by atoms with van der Waals surface area (Å²) in [7, 11) is 0. The lowest BCUT2D eigenvalue weighted by molar-refractivity contribution is 0.102. The van der Waals surface area contributed by atoms with Gasteiger partial charge in [-0.25, -0.2) is 0 Å². The molecule has 0 fully saturated rings. The molecule has 0 radical (unpaired) electrons. The number of amides is 1. The molecule has 2 aromatic carbocycles. The van der Waals surface area contributed by atoms with Gasteiger partial charge in [0.25, 0.3) is 5.91 Å². The summed E-state index contributed by atoms with van der Waals surface area (Å²) in [5.74, 6) is -0.0881. The van der Waals surface area contributed by atoms with Gasteiger partial charge in [0.1, 0.15) is 5.75 Å². The average Bonchev–Trinajstić information content (AvgIpc) is 2.39. The van der Waals surface area contributed by atoms with E-state index in [9.17, 15) is 9.90 Å². The van der Waals surface area contributed by atoms with Crippen molar-refractivity contribution in [3.8, 4) is 5.75 Å². The summed E-state index contributed by atoms with van der Waals surface area (Å²) in [6.07, 6.45) is 0. The number of aromatic hydroxyl groups is 1. The van der Waals surface area contributed by atoms with E-state index in [1.807, 2.05) is 13.0 Å². The van der Waals surface area contributed by atoms with Crippen molar-refractivity contribution >= 4 is 39.1 Å². The number of carbonyl (C=O) groups is 1. The predicted octanol–water partition coefficient (Wildman–Crippen LogP) is 4.68. The van der Waals surface area contributed by atoms with Gasteiger partial charge in [-0.05, 0) is 71.2 Å². The van der Waals surface area contributed by atoms with Crippen molar-refractivity contribution in [3.05, 3.63) is 56.5 Å². The van der Waals surface area contributed by atoms with Crippen LogP contribution in [0.2, 0.25) is 5.02 Å². The van der Waals surface area contributed by atoms with Gasteiger partial charge >= 0.3 is 0 Å². The maximum atomic E-state index is 12.2. The van der Waals surface area contributed by atoms with Crippen LogP contribution in [0.1, 0.15) is 21.5 Å². The third-order valence-electron chi connectivity index (χ3n) is 2.96. The molecule has 3 nitrogen and oxygen atoms in total. The third-order valence-corrected chi connectivity index (χ3v) is 4.02. The van der Waals surface area contributed by atoms with Crippen molar-refractivity contribution in [1.29, 1.82) is 0 Å². The normalized spacial score (nSPS) is 10.4. The molecule has 0 aliphatic carbocycles. The Morgan fingerprint density at radius 3 is 2.55 bits per heavy atom. The van der Waals surface area contributed by atoms with Crippen molar-refractivity contribution in [1.82, 2.24) is 0 Å². The predicted molar refractivity (Wildman–Crippen MR) is 84.7 cm³/mol. The second-order valence-electron chi connectivity index (χ2n) is 4.54. The number of rotatable bonds is 2. The number of hydrogen-bond donors (Lipinski definition) is 2. The zero-order valence-electron chi connectivity index (χ0n) is 11.0. The molecule has 0 saturated carbocycles. The first-order chi connectivity index (χ1) is 9.38. The zero-order chi connectivity index (χ0) is 14.9. The number of aryl methyl sites for hydroxylation is 2. The Hall–Kier alpha value is -1.52. The first-order valence-electron chi connectivity index (χ1n) is 5.95. The number of phenolic OH excluding ortho intramolecular Hbond substituents is 1. The molecule has 2 rings (SSSR count). The summed E-state index contributed by atoms with van der Waals surface area (Å²) in [6, 6.07) is 8.25. The molecule has 20 heavy (non-hydrogen) atoms.